The summed E-state index contributed by atoms with van der Waals surface area (Å²) < 4.78 is 2.34. The van der Waals surface area contributed by atoms with Gasteiger partial charge in [-0.3, -0.25) is 4.98 Å². The van der Waals surface area contributed by atoms with Crippen molar-refractivity contribution in [2.24, 2.45) is 0 Å². The first-order valence-corrected chi connectivity index (χ1v) is 9.85. The zero-order valence-electron chi connectivity index (χ0n) is 14.8. The molecule has 0 radical (unpaired) electrons. The quantitative estimate of drug-likeness (QED) is 0.834. The van der Waals surface area contributed by atoms with Gasteiger partial charge in [0.25, 0.3) is 0 Å². The minimum Gasteiger partial charge on any atom is -0.352 e. The average Bonchev–Trinajstić information content (AvgIpc) is 3.26. The highest BCUT2D eigenvalue weighted by Gasteiger charge is 2.44. The summed E-state index contributed by atoms with van der Waals surface area (Å²) in [6.45, 7) is 3.17. The second-order valence-electron chi connectivity index (χ2n) is 7.04. The number of aryl methyl sites for hydroxylation is 1. The number of nitrogens with one attached hydrogen (secondary N) is 1. The van der Waals surface area contributed by atoms with Gasteiger partial charge in [-0.05, 0) is 56.2 Å². The van der Waals surface area contributed by atoms with Crippen LogP contribution in [0.3, 0.4) is 0 Å². The van der Waals surface area contributed by atoms with Crippen molar-refractivity contribution in [2.45, 2.75) is 63.7 Å². The zero-order valence-corrected chi connectivity index (χ0v) is 15.6. The Hall–Kier alpha value is -1.88. The molecular formula is C20H26N4S. The van der Waals surface area contributed by atoms with E-state index < -0.39 is 0 Å². The number of rotatable bonds is 4. The zero-order chi connectivity index (χ0) is 17.2. The van der Waals surface area contributed by atoms with Crippen LogP contribution in [0.15, 0.2) is 42.7 Å². The maximum absolute atomic E-state index is 5.81. The summed E-state index contributed by atoms with van der Waals surface area (Å²) in [6, 6.07) is 11.4. The Morgan fingerprint density at radius 3 is 2.72 bits per heavy atom. The van der Waals surface area contributed by atoms with Crippen molar-refractivity contribution in [2.75, 3.05) is 0 Å². The summed E-state index contributed by atoms with van der Waals surface area (Å²) in [6.07, 6.45) is 10.5. The Kier molecular flexibility index (Phi) is 4.75. The average molecular weight is 355 g/mol. The molecule has 2 atom stereocenters. The smallest absolute Gasteiger partial charge is 0.170 e. The van der Waals surface area contributed by atoms with E-state index in [0.29, 0.717) is 6.04 Å². The van der Waals surface area contributed by atoms with Crippen LogP contribution < -0.4 is 5.32 Å². The number of nitrogens with zero attached hydrogens (tertiary/aromatic N) is 3. The standard InChI is InChI=1S/C20H26N4S/c1-2-23-14-8-12-17(23)19-18(16-11-6-7-13-21-16)22-20(25)24(19)15-9-4-3-5-10-15/h6-8,11-15,18-19H,2-5,9-10H2,1H3,(H,22,25)/t18-,19+/m1/s1. The molecule has 1 N–H and O–H groups in total. The Morgan fingerprint density at radius 1 is 1.16 bits per heavy atom. The van der Waals surface area contributed by atoms with E-state index in [1.54, 1.807) is 0 Å². The number of hydrogen-bond acceptors (Lipinski definition) is 2. The van der Waals surface area contributed by atoms with Crippen LogP contribution >= 0.6 is 12.2 Å². The second-order valence-corrected chi connectivity index (χ2v) is 7.43. The summed E-state index contributed by atoms with van der Waals surface area (Å²) in [7, 11) is 0. The van der Waals surface area contributed by atoms with Crippen LogP contribution in [0.1, 0.15) is 62.5 Å². The van der Waals surface area contributed by atoms with Crippen molar-refractivity contribution in [3.05, 3.63) is 54.1 Å². The van der Waals surface area contributed by atoms with E-state index in [1.165, 1.54) is 37.8 Å². The molecule has 4 rings (SSSR count). The fourth-order valence-electron chi connectivity index (χ4n) is 4.42. The van der Waals surface area contributed by atoms with E-state index in [0.717, 1.165) is 17.4 Å². The van der Waals surface area contributed by atoms with E-state index in [-0.39, 0.29) is 12.1 Å². The van der Waals surface area contributed by atoms with Gasteiger partial charge in [0.15, 0.2) is 5.11 Å². The van der Waals surface area contributed by atoms with Crippen LogP contribution in [0.4, 0.5) is 0 Å². The van der Waals surface area contributed by atoms with E-state index >= 15 is 0 Å². The highest BCUT2D eigenvalue weighted by molar-refractivity contribution is 7.80. The fourth-order valence-corrected chi connectivity index (χ4v) is 4.81. The van der Waals surface area contributed by atoms with E-state index in [2.05, 4.69) is 57.2 Å². The predicted octanol–water partition coefficient (Wildman–Crippen LogP) is 4.21. The third-order valence-corrected chi connectivity index (χ3v) is 5.94. The van der Waals surface area contributed by atoms with Crippen molar-refractivity contribution in [1.82, 2.24) is 19.8 Å². The van der Waals surface area contributed by atoms with Crippen molar-refractivity contribution in [3.63, 3.8) is 0 Å². The summed E-state index contributed by atoms with van der Waals surface area (Å²) in [5.41, 5.74) is 2.40. The van der Waals surface area contributed by atoms with Crippen molar-refractivity contribution in [1.29, 1.82) is 0 Å². The molecule has 1 saturated carbocycles. The van der Waals surface area contributed by atoms with Gasteiger partial charge in [0, 0.05) is 30.7 Å². The Labute approximate surface area is 155 Å². The topological polar surface area (TPSA) is 33.1 Å². The molecule has 0 spiro atoms. The second kappa shape index (κ2) is 7.16. The first kappa shape index (κ1) is 16.6. The van der Waals surface area contributed by atoms with Gasteiger partial charge < -0.3 is 14.8 Å². The predicted molar refractivity (Wildman–Crippen MR) is 104 cm³/mol. The lowest BCUT2D eigenvalue weighted by Crippen LogP contribution is -2.40. The number of aromatic nitrogens is 2. The SMILES string of the molecule is CCn1cccc1[C@H]1[C@@H](c2ccccn2)NC(=S)N1C1CCCCC1. The van der Waals surface area contributed by atoms with Crippen LogP contribution in [0.2, 0.25) is 0 Å². The van der Waals surface area contributed by atoms with E-state index in [1.807, 2.05) is 12.3 Å². The third kappa shape index (κ3) is 3.06. The molecule has 0 bridgehead atoms. The lowest BCUT2D eigenvalue weighted by atomic mass is 9.92. The lowest BCUT2D eigenvalue weighted by molar-refractivity contribution is 0.191. The molecule has 132 valence electrons. The van der Waals surface area contributed by atoms with Crippen LogP contribution in [0.5, 0.6) is 0 Å². The van der Waals surface area contributed by atoms with Gasteiger partial charge in [0.1, 0.15) is 0 Å². The molecular weight excluding hydrogens is 328 g/mol. The molecule has 1 aliphatic carbocycles. The summed E-state index contributed by atoms with van der Waals surface area (Å²) in [5.74, 6) is 0. The molecule has 0 unspecified atom stereocenters. The maximum Gasteiger partial charge on any atom is 0.170 e. The van der Waals surface area contributed by atoms with Crippen molar-refractivity contribution >= 4 is 17.3 Å². The number of thiocarbonyl (C=S) groups is 1. The van der Waals surface area contributed by atoms with Crippen LogP contribution in [0, 0.1) is 0 Å². The first-order valence-electron chi connectivity index (χ1n) is 9.44. The minimum absolute atomic E-state index is 0.107. The highest BCUT2D eigenvalue weighted by atomic mass is 32.1. The minimum atomic E-state index is 0.107. The molecule has 1 saturated heterocycles. The van der Waals surface area contributed by atoms with Gasteiger partial charge in [-0.1, -0.05) is 25.3 Å². The largest absolute Gasteiger partial charge is 0.352 e. The molecule has 0 aromatic carbocycles. The van der Waals surface area contributed by atoms with Gasteiger partial charge in [-0.15, -0.1) is 0 Å². The monoisotopic (exact) mass is 354 g/mol. The fraction of sp³-hybridized carbons (Fsp3) is 0.500. The molecule has 2 aliphatic rings. The van der Waals surface area contributed by atoms with Crippen molar-refractivity contribution < 1.29 is 0 Å². The summed E-state index contributed by atoms with van der Waals surface area (Å²) >= 11 is 5.81. The lowest BCUT2D eigenvalue weighted by Gasteiger charge is -2.37. The van der Waals surface area contributed by atoms with Crippen LogP contribution in [0.25, 0.3) is 0 Å². The Morgan fingerprint density at radius 2 is 2.00 bits per heavy atom. The molecule has 1 aliphatic heterocycles. The summed E-state index contributed by atoms with van der Waals surface area (Å²) in [4.78, 5) is 7.11. The van der Waals surface area contributed by atoms with Crippen molar-refractivity contribution in [3.8, 4) is 0 Å². The summed E-state index contributed by atoms with van der Waals surface area (Å²) in [5, 5.41) is 4.47. The first-order chi connectivity index (χ1) is 12.3. The Balaban J connectivity index is 1.76. The molecule has 2 aromatic rings. The maximum atomic E-state index is 5.81. The third-order valence-electron chi connectivity index (χ3n) is 5.61. The van der Waals surface area contributed by atoms with E-state index in [4.69, 9.17) is 12.2 Å². The molecule has 2 aromatic heterocycles. The highest BCUT2D eigenvalue weighted by Crippen LogP contribution is 2.42. The van der Waals surface area contributed by atoms with Gasteiger partial charge in [-0.25, -0.2) is 0 Å². The normalized spacial score (nSPS) is 24.5. The van der Waals surface area contributed by atoms with Crippen LogP contribution in [-0.4, -0.2) is 25.6 Å². The van der Waals surface area contributed by atoms with Gasteiger partial charge in [0.05, 0.1) is 17.8 Å². The Bertz CT molecular complexity index is 720. The molecule has 5 heteroatoms. The molecule has 2 fully saturated rings. The van der Waals surface area contributed by atoms with Crippen LogP contribution in [-0.2, 0) is 6.54 Å². The molecule has 3 heterocycles. The molecule has 25 heavy (non-hydrogen) atoms. The molecule has 4 nitrogen and oxygen atoms in total. The van der Waals surface area contributed by atoms with Gasteiger partial charge in [0.2, 0.25) is 0 Å². The van der Waals surface area contributed by atoms with Gasteiger partial charge >= 0.3 is 0 Å². The molecule has 0 amide bonds. The van der Waals surface area contributed by atoms with E-state index in [9.17, 15) is 0 Å². The number of hydrogen-bond donors (Lipinski definition) is 1. The van der Waals surface area contributed by atoms with Gasteiger partial charge in [-0.2, -0.15) is 0 Å². The number of pyridine rings is 1.